The van der Waals surface area contributed by atoms with Gasteiger partial charge in [-0.2, -0.15) is 5.26 Å². The number of furan rings is 1. The Morgan fingerprint density at radius 1 is 1.41 bits per heavy atom. The fraction of sp³-hybridized carbons (Fsp3) is 0.538. The number of nitrogens with zero attached hydrogens (tertiary/aromatic N) is 1. The van der Waals surface area contributed by atoms with Gasteiger partial charge in [0.25, 0.3) is 5.91 Å². The van der Waals surface area contributed by atoms with E-state index in [4.69, 9.17) is 9.68 Å². The summed E-state index contributed by atoms with van der Waals surface area (Å²) in [6, 6.07) is 1.98. The number of hydrogen-bond acceptors (Lipinski definition) is 3. The van der Waals surface area contributed by atoms with Crippen molar-refractivity contribution in [1.82, 2.24) is 5.32 Å². The SMILES string of the molecule is CCC(CC#N)NC(=O)c1c(C)oc(C)c1C. The molecule has 1 aromatic heterocycles. The second-order valence-corrected chi connectivity index (χ2v) is 4.16. The average molecular weight is 234 g/mol. The van der Waals surface area contributed by atoms with Gasteiger partial charge >= 0.3 is 0 Å². The van der Waals surface area contributed by atoms with Crippen LogP contribution in [-0.2, 0) is 0 Å². The van der Waals surface area contributed by atoms with E-state index in [1.165, 1.54) is 0 Å². The Morgan fingerprint density at radius 3 is 2.47 bits per heavy atom. The van der Waals surface area contributed by atoms with Gasteiger partial charge in [-0.05, 0) is 27.2 Å². The van der Waals surface area contributed by atoms with Gasteiger partial charge in [-0.25, -0.2) is 0 Å². The molecule has 0 aliphatic heterocycles. The van der Waals surface area contributed by atoms with Gasteiger partial charge < -0.3 is 9.73 Å². The van der Waals surface area contributed by atoms with Gasteiger partial charge in [-0.15, -0.1) is 0 Å². The van der Waals surface area contributed by atoms with Crippen molar-refractivity contribution in [2.45, 2.75) is 46.6 Å². The molecule has 1 heterocycles. The first-order valence-electron chi connectivity index (χ1n) is 5.75. The van der Waals surface area contributed by atoms with Crippen LogP contribution in [0.3, 0.4) is 0 Å². The van der Waals surface area contributed by atoms with E-state index in [1.54, 1.807) is 6.92 Å². The molecule has 0 aliphatic carbocycles. The van der Waals surface area contributed by atoms with Crippen LogP contribution in [0.15, 0.2) is 4.42 Å². The quantitative estimate of drug-likeness (QED) is 0.870. The molecule has 1 amide bonds. The molecule has 0 spiro atoms. The number of rotatable bonds is 4. The van der Waals surface area contributed by atoms with Crippen LogP contribution >= 0.6 is 0 Å². The number of amides is 1. The lowest BCUT2D eigenvalue weighted by Crippen LogP contribution is -2.34. The number of hydrogen-bond donors (Lipinski definition) is 1. The van der Waals surface area contributed by atoms with Crippen LogP contribution in [0.1, 0.15) is 47.2 Å². The summed E-state index contributed by atoms with van der Waals surface area (Å²) in [6.07, 6.45) is 1.07. The lowest BCUT2D eigenvalue weighted by molar-refractivity contribution is 0.0934. The summed E-state index contributed by atoms with van der Waals surface area (Å²) < 4.78 is 5.42. The molecule has 0 aliphatic rings. The van der Waals surface area contributed by atoms with E-state index in [-0.39, 0.29) is 11.9 Å². The molecule has 0 fully saturated rings. The van der Waals surface area contributed by atoms with Gasteiger partial charge in [0, 0.05) is 11.6 Å². The normalized spacial score (nSPS) is 11.9. The van der Waals surface area contributed by atoms with Crippen molar-refractivity contribution in [2.24, 2.45) is 0 Å². The zero-order valence-electron chi connectivity index (χ0n) is 10.8. The van der Waals surface area contributed by atoms with Crippen molar-refractivity contribution in [1.29, 1.82) is 5.26 Å². The van der Waals surface area contributed by atoms with Crippen LogP contribution in [-0.4, -0.2) is 11.9 Å². The Kier molecular flexibility index (Phi) is 4.33. The Morgan fingerprint density at radius 2 is 2.06 bits per heavy atom. The third-order valence-corrected chi connectivity index (χ3v) is 2.95. The number of aryl methyl sites for hydroxylation is 2. The molecule has 1 unspecified atom stereocenters. The molecule has 0 aromatic carbocycles. The molecule has 1 N–H and O–H groups in total. The predicted molar refractivity (Wildman–Crippen MR) is 64.7 cm³/mol. The fourth-order valence-electron chi connectivity index (χ4n) is 1.79. The van der Waals surface area contributed by atoms with Crippen molar-refractivity contribution in [3.8, 4) is 6.07 Å². The smallest absolute Gasteiger partial charge is 0.255 e. The molecular weight excluding hydrogens is 216 g/mol. The summed E-state index contributed by atoms with van der Waals surface area (Å²) in [5.74, 6) is 1.24. The Bertz CT molecular complexity index is 455. The lowest BCUT2D eigenvalue weighted by Gasteiger charge is -2.13. The van der Waals surface area contributed by atoms with Crippen LogP contribution in [0, 0.1) is 32.1 Å². The molecule has 1 rings (SSSR count). The third kappa shape index (κ3) is 2.88. The van der Waals surface area contributed by atoms with Crippen LogP contribution in [0.5, 0.6) is 0 Å². The van der Waals surface area contributed by atoms with Gasteiger partial charge in [0.1, 0.15) is 11.5 Å². The minimum atomic E-state index is -0.154. The molecule has 17 heavy (non-hydrogen) atoms. The summed E-state index contributed by atoms with van der Waals surface area (Å²) >= 11 is 0. The first kappa shape index (κ1) is 13.3. The van der Waals surface area contributed by atoms with Gasteiger partial charge in [-0.1, -0.05) is 6.92 Å². The van der Waals surface area contributed by atoms with Crippen molar-refractivity contribution >= 4 is 5.91 Å². The predicted octanol–water partition coefficient (Wildman–Crippen LogP) is 2.63. The van der Waals surface area contributed by atoms with E-state index in [0.717, 1.165) is 17.7 Å². The van der Waals surface area contributed by atoms with E-state index in [9.17, 15) is 4.79 Å². The van der Waals surface area contributed by atoms with Crippen LogP contribution in [0.2, 0.25) is 0 Å². The van der Waals surface area contributed by atoms with Crippen molar-refractivity contribution in [3.63, 3.8) is 0 Å². The Labute approximate surface area is 102 Å². The highest BCUT2D eigenvalue weighted by Crippen LogP contribution is 2.20. The highest BCUT2D eigenvalue weighted by atomic mass is 16.3. The first-order valence-corrected chi connectivity index (χ1v) is 5.75. The lowest BCUT2D eigenvalue weighted by atomic mass is 10.1. The maximum absolute atomic E-state index is 12.1. The topological polar surface area (TPSA) is 66.0 Å². The summed E-state index contributed by atoms with van der Waals surface area (Å²) in [5.41, 5.74) is 1.46. The Hall–Kier alpha value is -1.76. The van der Waals surface area contributed by atoms with Crippen molar-refractivity contribution < 1.29 is 9.21 Å². The van der Waals surface area contributed by atoms with E-state index < -0.39 is 0 Å². The van der Waals surface area contributed by atoms with Crippen LogP contribution < -0.4 is 5.32 Å². The number of nitrogens with one attached hydrogen (secondary N) is 1. The second-order valence-electron chi connectivity index (χ2n) is 4.16. The summed E-state index contributed by atoms with van der Waals surface area (Å²) in [6.45, 7) is 7.43. The van der Waals surface area contributed by atoms with E-state index >= 15 is 0 Å². The molecule has 92 valence electrons. The molecule has 0 bridgehead atoms. The molecule has 0 saturated heterocycles. The maximum Gasteiger partial charge on any atom is 0.255 e. The maximum atomic E-state index is 12.1. The minimum absolute atomic E-state index is 0.0958. The van der Waals surface area contributed by atoms with Gasteiger partial charge in [0.2, 0.25) is 0 Å². The number of nitriles is 1. The number of carbonyl (C=O) groups excluding carboxylic acids is 1. The second kappa shape index (κ2) is 5.53. The van der Waals surface area contributed by atoms with E-state index in [0.29, 0.717) is 17.7 Å². The summed E-state index contributed by atoms with van der Waals surface area (Å²) in [7, 11) is 0. The molecular formula is C13H18N2O2. The third-order valence-electron chi connectivity index (χ3n) is 2.95. The summed E-state index contributed by atoms with van der Waals surface area (Å²) in [5, 5.41) is 11.5. The van der Waals surface area contributed by atoms with Crippen molar-refractivity contribution in [3.05, 3.63) is 22.6 Å². The zero-order valence-corrected chi connectivity index (χ0v) is 10.8. The monoisotopic (exact) mass is 234 g/mol. The van der Waals surface area contributed by atoms with Gasteiger partial charge in [0.15, 0.2) is 0 Å². The molecule has 4 nitrogen and oxygen atoms in total. The highest BCUT2D eigenvalue weighted by Gasteiger charge is 2.20. The highest BCUT2D eigenvalue weighted by molar-refractivity contribution is 5.97. The molecule has 0 radical (unpaired) electrons. The van der Waals surface area contributed by atoms with Crippen molar-refractivity contribution in [2.75, 3.05) is 0 Å². The fourth-order valence-corrected chi connectivity index (χ4v) is 1.79. The molecule has 1 atom stereocenters. The standard InChI is InChI=1S/C13H18N2O2/c1-5-11(6-7-14)15-13(16)12-8(2)9(3)17-10(12)4/h11H,5-6H2,1-4H3,(H,15,16). The van der Waals surface area contributed by atoms with Gasteiger partial charge in [-0.3, -0.25) is 4.79 Å². The van der Waals surface area contributed by atoms with E-state index in [2.05, 4.69) is 11.4 Å². The summed E-state index contributed by atoms with van der Waals surface area (Å²) in [4.78, 5) is 12.1. The average Bonchev–Trinajstić information content (AvgIpc) is 2.52. The zero-order chi connectivity index (χ0) is 13.0. The van der Waals surface area contributed by atoms with Gasteiger partial charge in [0.05, 0.1) is 18.1 Å². The largest absolute Gasteiger partial charge is 0.466 e. The van der Waals surface area contributed by atoms with E-state index in [1.807, 2.05) is 20.8 Å². The van der Waals surface area contributed by atoms with Crippen LogP contribution in [0.25, 0.3) is 0 Å². The molecule has 4 heteroatoms. The Balaban J connectivity index is 2.87. The first-order chi connectivity index (χ1) is 8.01. The number of carbonyl (C=O) groups is 1. The van der Waals surface area contributed by atoms with Crippen LogP contribution in [0.4, 0.5) is 0 Å². The molecule has 1 aromatic rings. The minimum Gasteiger partial charge on any atom is -0.466 e. The molecule has 0 saturated carbocycles.